The fraction of sp³-hybridized carbons (Fsp3) is 0.273. The standard InChI is InChI=1S/C11H14ClN3OS/c1-2-15(7-10(13)17)11(16)14-9-5-3-4-8(12)6-9/h3-6H,2,7H2,1H3,(H2,13,17)(H,14,16). The predicted molar refractivity (Wildman–Crippen MR) is 74.5 cm³/mol. The van der Waals surface area contributed by atoms with Crippen molar-refractivity contribution in [2.45, 2.75) is 6.92 Å². The number of hydrogen-bond donors (Lipinski definition) is 2. The summed E-state index contributed by atoms with van der Waals surface area (Å²) in [5.74, 6) is 0. The van der Waals surface area contributed by atoms with Crippen LogP contribution in [0.5, 0.6) is 0 Å². The number of nitrogens with zero attached hydrogens (tertiary/aromatic N) is 1. The molecule has 1 rings (SSSR count). The van der Waals surface area contributed by atoms with Crippen LogP contribution in [0, 0.1) is 0 Å². The summed E-state index contributed by atoms with van der Waals surface area (Å²) in [5, 5.41) is 3.30. The second kappa shape index (κ2) is 6.42. The fourth-order valence-corrected chi connectivity index (χ4v) is 1.63. The van der Waals surface area contributed by atoms with Crippen molar-refractivity contribution in [2.75, 3.05) is 18.4 Å². The molecule has 4 nitrogen and oxygen atoms in total. The quantitative estimate of drug-likeness (QED) is 0.827. The molecule has 0 saturated carbocycles. The summed E-state index contributed by atoms with van der Waals surface area (Å²) in [7, 11) is 0. The number of thiocarbonyl (C=S) groups is 1. The SMILES string of the molecule is CCN(CC(N)=S)C(=O)Nc1cccc(Cl)c1. The molecule has 17 heavy (non-hydrogen) atoms. The highest BCUT2D eigenvalue weighted by Crippen LogP contribution is 2.15. The second-order valence-electron chi connectivity index (χ2n) is 3.42. The van der Waals surface area contributed by atoms with E-state index in [0.717, 1.165) is 0 Å². The van der Waals surface area contributed by atoms with E-state index in [2.05, 4.69) is 5.32 Å². The Kier molecular flexibility index (Phi) is 5.18. The van der Waals surface area contributed by atoms with Crippen LogP contribution in [0.15, 0.2) is 24.3 Å². The molecule has 0 fully saturated rings. The van der Waals surface area contributed by atoms with Gasteiger partial charge in [-0.25, -0.2) is 4.79 Å². The van der Waals surface area contributed by atoms with Gasteiger partial charge in [-0.05, 0) is 25.1 Å². The van der Waals surface area contributed by atoms with Crippen molar-refractivity contribution in [3.05, 3.63) is 29.3 Å². The summed E-state index contributed by atoms with van der Waals surface area (Å²) < 4.78 is 0. The van der Waals surface area contributed by atoms with Crippen LogP contribution in [0.25, 0.3) is 0 Å². The van der Waals surface area contributed by atoms with Crippen LogP contribution in [0.2, 0.25) is 5.02 Å². The zero-order chi connectivity index (χ0) is 12.8. The van der Waals surface area contributed by atoms with Gasteiger partial charge in [0, 0.05) is 17.3 Å². The van der Waals surface area contributed by atoms with Gasteiger partial charge in [0.15, 0.2) is 0 Å². The number of rotatable bonds is 4. The predicted octanol–water partition coefficient (Wildman–Crippen LogP) is 2.48. The van der Waals surface area contributed by atoms with Gasteiger partial charge in [-0.1, -0.05) is 29.9 Å². The number of carbonyl (C=O) groups excluding carboxylic acids is 1. The Morgan fingerprint density at radius 1 is 1.59 bits per heavy atom. The van der Waals surface area contributed by atoms with E-state index in [1.807, 2.05) is 6.92 Å². The van der Waals surface area contributed by atoms with Crippen LogP contribution in [0.4, 0.5) is 10.5 Å². The summed E-state index contributed by atoms with van der Waals surface area (Å²) in [4.78, 5) is 13.6. The van der Waals surface area contributed by atoms with Gasteiger partial charge in [-0.15, -0.1) is 0 Å². The third-order valence-electron chi connectivity index (χ3n) is 2.09. The van der Waals surface area contributed by atoms with Crippen LogP contribution < -0.4 is 11.1 Å². The molecule has 0 spiro atoms. The molecule has 92 valence electrons. The van der Waals surface area contributed by atoms with Crippen molar-refractivity contribution in [2.24, 2.45) is 5.73 Å². The summed E-state index contributed by atoms with van der Waals surface area (Å²) in [5.41, 5.74) is 6.06. The second-order valence-corrected chi connectivity index (χ2v) is 4.38. The molecule has 1 aromatic carbocycles. The van der Waals surface area contributed by atoms with Crippen LogP contribution in [0.1, 0.15) is 6.92 Å². The first kappa shape index (κ1) is 13.7. The van der Waals surface area contributed by atoms with Crippen molar-refractivity contribution in [3.8, 4) is 0 Å². The van der Waals surface area contributed by atoms with Crippen molar-refractivity contribution in [3.63, 3.8) is 0 Å². The Morgan fingerprint density at radius 3 is 2.82 bits per heavy atom. The number of urea groups is 1. The summed E-state index contributed by atoms with van der Waals surface area (Å²) in [6.45, 7) is 2.65. The summed E-state index contributed by atoms with van der Waals surface area (Å²) >= 11 is 10.6. The minimum atomic E-state index is -0.248. The Labute approximate surface area is 111 Å². The monoisotopic (exact) mass is 271 g/mol. The molecule has 0 aliphatic rings. The Morgan fingerprint density at radius 2 is 2.29 bits per heavy atom. The molecule has 0 bridgehead atoms. The topological polar surface area (TPSA) is 58.4 Å². The molecule has 0 aliphatic carbocycles. The minimum absolute atomic E-state index is 0.248. The van der Waals surface area contributed by atoms with E-state index in [-0.39, 0.29) is 17.6 Å². The molecule has 0 saturated heterocycles. The summed E-state index contributed by atoms with van der Waals surface area (Å²) in [6, 6.07) is 6.69. The maximum atomic E-state index is 11.8. The number of hydrogen-bond acceptors (Lipinski definition) is 2. The number of nitrogens with two attached hydrogens (primary N) is 1. The lowest BCUT2D eigenvalue weighted by Gasteiger charge is -2.20. The number of anilines is 1. The van der Waals surface area contributed by atoms with Gasteiger partial charge in [0.1, 0.15) is 0 Å². The third-order valence-corrected chi connectivity index (χ3v) is 2.46. The smallest absolute Gasteiger partial charge is 0.322 e. The van der Waals surface area contributed by atoms with Crippen LogP contribution in [-0.2, 0) is 0 Å². The van der Waals surface area contributed by atoms with E-state index in [1.165, 1.54) is 4.90 Å². The molecule has 2 amide bonds. The maximum Gasteiger partial charge on any atom is 0.322 e. The highest BCUT2D eigenvalue weighted by atomic mass is 35.5. The van der Waals surface area contributed by atoms with Crippen molar-refractivity contribution in [1.82, 2.24) is 4.90 Å². The molecule has 1 aromatic rings. The highest BCUT2D eigenvalue weighted by Gasteiger charge is 2.12. The van der Waals surface area contributed by atoms with Crippen LogP contribution in [0.3, 0.4) is 0 Å². The molecule has 0 unspecified atom stereocenters. The molecule has 0 aromatic heterocycles. The molecule has 6 heteroatoms. The molecule has 0 aliphatic heterocycles. The highest BCUT2D eigenvalue weighted by molar-refractivity contribution is 7.80. The number of amides is 2. The van der Waals surface area contributed by atoms with Crippen molar-refractivity contribution < 1.29 is 4.79 Å². The average molecular weight is 272 g/mol. The number of nitrogens with one attached hydrogen (secondary N) is 1. The largest absolute Gasteiger partial charge is 0.392 e. The first-order valence-corrected chi connectivity index (χ1v) is 5.91. The van der Waals surface area contributed by atoms with Gasteiger partial charge in [0.05, 0.1) is 11.5 Å². The first-order chi connectivity index (χ1) is 8.02. The molecule has 0 heterocycles. The van der Waals surface area contributed by atoms with Gasteiger partial charge < -0.3 is 16.0 Å². The van der Waals surface area contributed by atoms with Gasteiger partial charge in [0.25, 0.3) is 0 Å². The van der Waals surface area contributed by atoms with Crippen LogP contribution in [-0.4, -0.2) is 29.0 Å². The third kappa shape index (κ3) is 4.58. The summed E-state index contributed by atoms with van der Waals surface area (Å²) in [6.07, 6.45) is 0. The molecule has 0 atom stereocenters. The lowest BCUT2D eigenvalue weighted by molar-refractivity contribution is 0.221. The first-order valence-electron chi connectivity index (χ1n) is 5.12. The molecular formula is C11H14ClN3OS. The number of carbonyl (C=O) groups is 1. The minimum Gasteiger partial charge on any atom is -0.392 e. The van der Waals surface area contributed by atoms with E-state index < -0.39 is 0 Å². The van der Waals surface area contributed by atoms with E-state index in [4.69, 9.17) is 29.6 Å². The normalized spacial score (nSPS) is 9.76. The average Bonchev–Trinajstić information content (AvgIpc) is 2.25. The van der Waals surface area contributed by atoms with Gasteiger partial charge in [-0.2, -0.15) is 0 Å². The van der Waals surface area contributed by atoms with E-state index in [0.29, 0.717) is 17.3 Å². The Bertz CT molecular complexity index is 425. The Balaban J connectivity index is 2.67. The van der Waals surface area contributed by atoms with Gasteiger partial charge >= 0.3 is 6.03 Å². The maximum absolute atomic E-state index is 11.8. The molecule has 3 N–H and O–H groups in total. The molecular weight excluding hydrogens is 258 g/mol. The molecule has 0 radical (unpaired) electrons. The van der Waals surface area contributed by atoms with Gasteiger partial charge in [0.2, 0.25) is 0 Å². The van der Waals surface area contributed by atoms with Gasteiger partial charge in [-0.3, -0.25) is 0 Å². The van der Waals surface area contributed by atoms with Crippen molar-refractivity contribution in [1.29, 1.82) is 0 Å². The number of likely N-dealkylation sites (N-methyl/N-ethyl adjacent to an activating group) is 1. The number of halogens is 1. The van der Waals surface area contributed by atoms with Crippen molar-refractivity contribution >= 4 is 40.5 Å². The lowest BCUT2D eigenvalue weighted by Crippen LogP contribution is -2.40. The van der Waals surface area contributed by atoms with Crippen LogP contribution >= 0.6 is 23.8 Å². The lowest BCUT2D eigenvalue weighted by atomic mass is 10.3. The van der Waals surface area contributed by atoms with E-state index in [1.54, 1.807) is 24.3 Å². The zero-order valence-electron chi connectivity index (χ0n) is 9.44. The zero-order valence-corrected chi connectivity index (χ0v) is 11.0. The fourth-order valence-electron chi connectivity index (χ4n) is 1.28. The number of benzene rings is 1. The Hall–Kier alpha value is -1.33. The van der Waals surface area contributed by atoms with E-state index >= 15 is 0 Å². The van der Waals surface area contributed by atoms with E-state index in [9.17, 15) is 4.79 Å².